The van der Waals surface area contributed by atoms with E-state index >= 15 is 0 Å². The van der Waals surface area contributed by atoms with Gasteiger partial charge in [-0.05, 0) is 33.8 Å². The van der Waals surface area contributed by atoms with E-state index in [1.165, 1.54) is 0 Å². The van der Waals surface area contributed by atoms with Gasteiger partial charge >= 0.3 is 0 Å². The van der Waals surface area contributed by atoms with Crippen LogP contribution in [0.15, 0.2) is 6.07 Å². The average molecular weight is 263 g/mol. The summed E-state index contributed by atoms with van der Waals surface area (Å²) < 4.78 is 0. The Labute approximate surface area is 115 Å². The third-order valence-corrected chi connectivity index (χ3v) is 3.95. The first-order chi connectivity index (χ1) is 8.97. The minimum Gasteiger partial charge on any atom is -0.362 e. The molecule has 1 saturated heterocycles. The molecule has 1 aromatic rings. The van der Waals surface area contributed by atoms with Gasteiger partial charge in [0.05, 0.1) is 6.54 Å². The second kappa shape index (κ2) is 5.88. The number of rotatable bonds is 4. The van der Waals surface area contributed by atoms with Crippen molar-refractivity contribution in [2.75, 3.05) is 32.7 Å². The van der Waals surface area contributed by atoms with Crippen LogP contribution in [0.5, 0.6) is 0 Å². The number of hydrogen-bond acceptors (Lipinski definition) is 3. The molecule has 0 atom stereocenters. The molecule has 1 aliphatic heterocycles. The van der Waals surface area contributed by atoms with Crippen molar-refractivity contribution in [3.63, 3.8) is 0 Å². The maximum Gasteiger partial charge on any atom is 0.178 e. The number of hydrogen-bond donors (Lipinski definition) is 1. The number of nitrogens with zero attached hydrogens (tertiary/aromatic N) is 2. The highest BCUT2D eigenvalue weighted by Gasteiger charge is 2.21. The van der Waals surface area contributed by atoms with Gasteiger partial charge in [-0.15, -0.1) is 0 Å². The van der Waals surface area contributed by atoms with Crippen molar-refractivity contribution in [2.24, 2.45) is 0 Å². The third-order valence-electron chi connectivity index (χ3n) is 3.95. The van der Waals surface area contributed by atoms with E-state index < -0.39 is 0 Å². The van der Waals surface area contributed by atoms with E-state index in [9.17, 15) is 4.79 Å². The number of aromatic amines is 1. The molecule has 0 unspecified atom stereocenters. The highest BCUT2D eigenvalue weighted by Crippen LogP contribution is 2.12. The van der Waals surface area contributed by atoms with Crippen LogP contribution in [0.25, 0.3) is 0 Å². The number of aryl methyl sites for hydroxylation is 2. The van der Waals surface area contributed by atoms with Crippen LogP contribution in [0, 0.1) is 13.8 Å². The van der Waals surface area contributed by atoms with E-state index in [1.807, 2.05) is 19.9 Å². The summed E-state index contributed by atoms with van der Waals surface area (Å²) in [6, 6.07) is 2.56. The molecule has 19 heavy (non-hydrogen) atoms. The summed E-state index contributed by atoms with van der Waals surface area (Å²) in [4.78, 5) is 20.2. The zero-order chi connectivity index (χ0) is 14.0. The number of carbonyl (C=O) groups is 1. The number of ketones is 1. The van der Waals surface area contributed by atoms with Gasteiger partial charge in [0, 0.05) is 49.2 Å². The molecule has 0 amide bonds. The van der Waals surface area contributed by atoms with E-state index in [1.54, 1.807) is 0 Å². The normalized spacial score (nSPS) is 18.2. The summed E-state index contributed by atoms with van der Waals surface area (Å²) in [6.45, 7) is 13.1. The monoisotopic (exact) mass is 263 g/mol. The molecule has 0 bridgehead atoms. The SMILES string of the molecule is Cc1cc(C(=O)CN2CCN(C(C)C)CC2)c(C)[nH]1. The van der Waals surface area contributed by atoms with Gasteiger partial charge in [-0.2, -0.15) is 0 Å². The van der Waals surface area contributed by atoms with Gasteiger partial charge in [-0.3, -0.25) is 14.6 Å². The van der Waals surface area contributed by atoms with Crippen LogP contribution in [0.4, 0.5) is 0 Å². The smallest absolute Gasteiger partial charge is 0.178 e. The van der Waals surface area contributed by atoms with E-state index in [0.717, 1.165) is 43.1 Å². The van der Waals surface area contributed by atoms with Crippen LogP contribution in [0.3, 0.4) is 0 Å². The minimum atomic E-state index is 0.236. The molecular weight excluding hydrogens is 238 g/mol. The molecule has 0 spiro atoms. The van der Waals surface area contributed by atoms with Crippen molar-refractivity contribution in [1.29, 1.82) is 0 Å². The van der Waals surface area contributed by atoms with Gasteiger partial charge < -0.3 is 4.98 Å². The van der Waals surface area contributed by atoms with E-state index in [2.05, 4.69) is 28.6 Å². The highest BCUT2D eigenvalue weighted by molar-refractivity contribution is 5.98. The molecule has 1 fully saturated rings. The molecule has 0 aromatic carbocycles. The van der Waals surface area contributed by atoms with E-state index in [-0.39, 0.29) is 5.78 Å². The van der Waals surface area contributed by atoms with Gasteiger partial charge in [0.1, 0.15) is 0 Å². The number of Topliss-reactive ketones (excluding diaryl/α,β-unsaturated/α-hetero) is 1. The lowest BCUT2D eigenvalue weighted by Crippen LogP contribution is -2.50. The number of aromatic nitrogens is 1. The minimum absolute atomic E-state index is 0.236. The van der Waals surface area contributed by atoms with Crippen LogP contribution in [-0.2, 0) is 0 Å². The van der Waals surface area contributed by atoms with Crippen molar-refractivity contribution in [3.05, 3.63) is 23.0 Å². The zero-order valence-electron chi connectivity index (χ0n) is 12.5. The topological polar surface area (TPSA) is 39.3 Å². The first kappa shape index (κ1) is 14.3. The number of nitrogens with one attached hydrogen (secondary N) is 1. The lowest BCUT2D eigenvalue weighted by atomic mass is 10.1. The fraction of sp³-hybridized carbons (Fsp3) is 0.667. The van der Waals surface area contributed by atoms with Crippen molar-refractivity contribution in [3.8, 4) is 0 Å². The molecular formula is C15H25N3O. The molecule has 1 aliphatic rings. The number of carbonyl (C=O) groups excluding carboxylic acids is 1. The van der Waals surface area contributed by atoms with E-state index in [0.29, 0.717) is 12.6 Å². The summed E-state index contributed by atoms with van der Waals surface area (Å²) in [5.74, 6) is 0.236. The Bertz CT molecular complexity index is 442. The fourth-order valence-corrected chi connectivity index (χ4v) is 2.74. The summed E-state index contributed by atoms with van der Waals surface area (Å²) in [5, 5.41) is 0. The first-order valence-electron chi connectivity index (χ1n) is 7.13. The average Bonchev–Trinajstić information content (AvgIpc) is 2.69. The Morgan fingerprint density at radius 2 is 1.89 bits per heavy atom. The Kier molecular flexibility index (Phi) is 4.42. The molecule has 2 rings (SSSR count). The Morgan fingerprint density at radius 3 is 2.37 bits per heavy atom. The van der Waals surface area contributed by atoms with Crippen molar-refractivity contribution >= 4 is 5.78 Å². The fourth-order valence-electron chi connectivity index (χ4n) is 2.74. The molecule has 0 saturated carbocycles. The Morgan fingerprint density at radius 1 is 1.26 bits per heavy atom. The van der Waals surface area contributed by atoms with Gasteiger partial charge in [-0.1, -0.05) is 0 Å². The van der Waals surface area contributed by atoms with Crippen LogP contribution in [0.1, 0.15) is 35.6 Å². The lowest BCUT2D eigenvalue weighted by molar-refractivity contribution is 0.0807. The second-order valence-electron chi connectivity index (χ2n) is 5.82. The molecule has 1 aromatic heterocycles. The van der Waals surface area contributed by atoms with Crippen LogP contribution in [-0.4, -0.2) is 59.3 Å². The predicted octanol–water partition coefficient (Wildman–Crippen LogP) is 1.84. The summed E-state index contributed by atoms with van der Waals surface area (Å²) >= 11 is 0. The Balaban J connectivity index is 1.89. The number of H-pyrrole nitrogens is 1. The molecule has 4 nitrogen and oxygen atoms in total. The summed E-state index contributed by atoms with van der Waals surface area (Å²) in [7, 11) is 0. The van der Waals surface area contributed by atoms with Gasteiger partial charge in [0.2, 0.25) is 0 Å². The lowest BCUT2D eigenvalue weighted by Gasteiger charge is -2.36. The zero-order valence-corrected chi connectivity index (χ0v) is 12.5. The standard InChI is InChI=1S/C15H25N3O/c1-11(2)18-7-5-17(6-8-18)10-15(19)14-9-12(3)16-13(14)4/h9,11,16H,5-8,10H2,1-4H3. The van der Waals surface area contributed by atoms with E-state index in [4.69, 9.17) is 0 Å². The van der Waals surface area contributed by atoms with Crippen molar-refractivity contribution in [2.45, 2.75) is 33.7 Å². The van der Waals surface area contributed by atoms with Crippen molar-refractivity contribution < 1.29 is 4.79 Å². The van der Waals surface area contributed by atoms with Crippen LogP contribution >= 0.6 is 0 Å². The molecule has 4 heteroatoms. The summed E-state index contributed by atoms with van der Waals surface area (Å²) in [5.41, 5.74) is 2.90. The summed E-state index contributed by atoms with van der Waals surface area (Å²) in [6.07, 6.45) is 0. The van der Waals surface area contributed by atoms with Gasteiger partial charge in [0.25, 0.3) is 0 Å². The van der Waals surface area contributed by atoms with Crippen LogP contribution < -0.4 is 0 Å². The van der Waals surface area contributed by atoms with Gasteiger partial charge in [0.15, 0.2) is 5.78 Å². The Hall–Kier alpha value is -1.13. The highest BCUT2D eigenvalue weighted by atomic mass is 16.1. The molecule has 1 N–H and O–H groups in total. The van der Waals surface area contributed by atoms with Crippen LogP contribution in [0.2, 0.25) is 0 Å². The molecule has 0 radical (unpaired) electrons. The molecule has 2 heterocycles. The van der Waals surface area contributed by atoms with Gasteiger partial charge in [-0.25, -0.2) is 0 Å². The van der Waals surface area contributed by atoms with Crippen molar-refractivity contribution in [1.82, 2.24) is 14.8 Å². The quantitative estimate of drug-likeness (QED) is 0.843. The number of piperazine rings is 1. The maximum absolute atomic E-state index is 12.3. The third kappa shape index (κ3) is 3.45. The second-order valence-corrected chi connectivity index (χ2v) is 5.82. The first-order valence-corrected chi connectivity index (χ1v) is 7.13. The molecule has 0 aliphatic carbocycles. The largest absolute Gasteiger partial charge is 0.362 e. The maximum atomic E-state index is 12.3. The predicted molar refractivity (Wildman–Crippen MR) is 77.7 cm³/mol. The molecule has 106 valence electrons.